The van der Waals surface area contributed by atoms with Gasteiger partial charge in [0.15, 0.2) is 0 Å². The number of hydrogen-bond donors (Lipinski definition) is 1. The van der Waals surface area contributed by atoms with Crippen LogP contribution in [0.5, 0.6) is 0 Å². The molecule has 1 N–H and O–H groups in total. The molecule has 1 heterocycles. The number of hydrogen-bond acceptors (Lipinski definition) is 1. The molecule has 0 radical (unpaired) electrons. The lowest BCUT2D eigenvalue weighted by molar-refractivity contribution is 1.09. The lowest BCUT2D eigenvalue weighted by Gasteiger charge is -2.04. The van der Waals surface area contributed by atoms with Gasteiger partial charge in [-0.2, -0.15) is 5.10 Å². The summed E-state index contributed by atoms with van der Waals surface area (Å²) in [4.78, 5) is 0. The highest BCUT2D eigenvalue weighted by Crippen LogP contribution is 2.19. The fourth-order valence-corrected chi connectivity index (χ4v) is 1.98. The van der Waals surface area contributed by atoms with Crippen LogP contribution in [0.2, 0.25) is 0 Å². The van der Waals surface area contributed by atoms with Gasteiger partial charge in [-0.3, -0.25) is 5.10 Å². The number of rotatable bonds is 5. The second-order valence-corrected chi connectivity index (χ2v) is 4.99. The number of nitrogens with zero attached hydrogens (tertiary/aromatic N) is 1. The standard InChI is InChI=1S/C17H17ClN2/c1-3-14(5-4-13(2)18)10-15-6-8-16(9-7-15)17-11-19-20-12-17/h3-9,11-12H,2,10H2,1H3,(H,19,20)/b5-4-,14-3?. The number of aromatic nitrogens is 2. The van der Waals surface area contributed by atoms with Crippen LogP contribution in [-0.4, -0.2) is 10.2 Å². The van der Waals surface area contributed by atoms with Gasteiger partial charge in [0, 0.05) is 16.8 Å². The van der Waals surface area contributed by atoms with Crippen LogP contribution in [0, 0.1) is 0 Å². The maximum atomic E-state index is 5.74. The molecule has 0 amide bonds. The summed E-state index contributed by atoms with van der Waals surface area (Å²) in [7, 11) is 0. The van der Waals surface area contributed by atoms with Crippen molar-refractivity contribution in [3.63, 3.8) is 0 Å². The molecule has 2 rings (SSSR count). The molecule has 2 aromatic rings. The minimum Gasteiger partial charge on any atom is -0.285 e. The first kappa shape index (κ1) is 14.4. The topological polar surface area (TPSA) is 28.7 Å². The zero-order valence-electron chi connectivity index (χ0n) is 11.4. The lowest BCUT2D eigenvalue weighted by atomic mass is 10.0. The fourth-order valence-electron chi connectivity index (χ4n) is 1.91. The molecule has 20 heavy (non-hydrogen) atoms. The maximum Gasteiger partial charge on any atom is 0.0565 e. The zero-order chi connectivity index (χ0) is 14.4. The predicted molar refractivity (Wildman–Crippen MR) is 85.6 cm³/mol. The molecule has 0 unspecified atom stereocenters. The van der Waals surface area contributed by atoms with Gasteiger partial charge in [-0.05, 0) is 36.1 Å². The van der Waals surface area contributed by atoms with E-state index in [-0.39, 0.29) is 0 Å². The second kappa shape index (κ2) is 6.92. The number of halogens is 1. The molecule has 0 saturated carbocycles. The van der Waals surface area contributed by atoms with Crippen molar-refractivity contribution in [3.8, 4) is 11.1 Å². The Labute approximate surface area is 124 Å². The average molecular weight is 285 g/mol. The summed E-state index contributed by atoms with van der Waals surface area (Å²) in [6.45, 7) is 5.68. The molecule has 0 aliphatic rings. The average Bonchev–Trinajstić information content (AvgIpc) is 2.98. The summed E-state index contributed by atoms with van der Waals surface area (Å²) in [6.07, 6.45) is 10.5. The zero-order valence-corrected chi connectivity index (χ0v) is 12.2. The number of benzene rings is 1. The van der Waals surface area contributed by atoms with Gasteiger partial charge in [0.05, 0.1) is 6.20 Å². The Kier molecular flexibility index (Phi) is 4.97. The summed E-state index contributed by atoms with van der Waals surface area (Å²) in [5, 5.41) is 7.32. The summed E-state index contributed by atoms with van der Waals surface area (Å²) in [6, 6.07) is 8.49. The highest BCUT2D eigenvalue weighted by atomic mass is 35.5. The van der Waals surface area contributed by atoms with E-state index < -0.39 is 0 Å². The van der Waals surface area contributed by atoms with Gasteiger partial charge < -0.3 is 0 Å². The quantitative estimate of drug-likeness (QED) is 0.779. The van der Waals surface area contributed by atoms with Gasteiger partial charge in [0.25, 0.3) is 0 Å². The lowest BCUT2D eigenvalue weighted by Crippen LogP contribution is -1.88. The normalized spacial score (nSPS) is 12.0. The van der Waals surface area contributed by atoms with E-state index in [0.717, 1.165) is 17.5 Å². The van der Waals surface area contributed by atoms with Crippen LogP contribution in [0.25, 0.3) is 11.1 Å². The molecule has 0 saturated heterocycles. The third kappa shape index (κ3) is 3.97. The van der Waals surface area contributed by atoms with E-state index in [4.69, 9.17) is 11.6 Å². The summed E-state index contributed by atoms with van der Waals surface area (Å²) in [5.74, 6) is 0. The first-order chi connectivity index (χ1) is 9.69. The highest BCUT2D eigenvalue weighted by molar-refractivity contribution is 6.30. The number of H-pyrrole nitrogens is 1. The molecule has 0 bridgehead atoms. The number of aromatic amines is 1. The molecule has 0 atom stereocenters. The summed E-state index contributed by atoms with van der Waals surface area (Å²) in [5.41, 5.74) is 4.73. The largest absolute Gasteiger partial charge is 0.285 e. The van der Waals surface area contributed by atoms with E-state index in [1.807, 2.05) is 31.5 Å². The van der Waals surface area contributed by atoms with Gasteiger partial charge in [-0.15, -0.1) is 0 Å². The maximum absolute atomic E-state index is 5.74. The second-order valence-electron chi connectivity index (χ2n) is 4.50. The van der Waals surface area contributed by atoms with Crippen molar-refractivity contribution in [2.75, 3.05) is 0 Å². The van der Waals surface area contributed by atoms with Gasteiger partial charge in [0.1, 0.15) is 0 Å². The Hall–Kier alpha value is -2.06. The van der Waals surface area contributed by atoms with E-state index in [1.54, 1.807) is 0 Å². The van der Waals surface area contributed by atoms with Crippen LogP contribution in [0.4, 0.5) is 0 Å². The van der Waals surface area contributed by atoms with Crippen LogP contribution < -0.4 is 0 Å². The Morgan fingerprint density at radius 1 is 1.25 bits per heavy atom. The number of allylic oxidation sites excluding steroid dienone is 5. The minimum atomic E-state index is 0.541. The Morgan fingerprint density at radius 3 is 2.55 bits per heavy atom. The van der Waals surface area contributed by atoms with E-state index in [1.165, 1.54) is 11.1 Å². The Balaban J connectivity index is 2.09. The molecular weight excluding hydrogens is 268 g/mol. The van der Waals surface area contributed by atoms with Crippen molar-refractivity contribution in [1.82, 2.24) is 10.2 Å². The molecular formula is C17H17ClN2. The van der Waals surface area contributed by atoms with Gasteiger partial charge >= 0.3 is 0 Å². The molecule has 0 spiro atoms. The predicted octanol–water partition coefficient (Wildman–Crippen LogP) is 4.87. The monoisotopic (exact) mass is 284 g/mol. The van der Waals surface area contributed by atoms with E-state index in [2.05, 4.69) is 47.1 Å². The molecule has 2 nitrogen and oxygen atoms in total. The molecule has 1 aromatic heterocycles. The minimum absolute atomic E-state index is 0.541. The molecule has 1 aromatic carbocycles. The first-order valence-electron chi connectivity index (χ1n) is 6.45. The third-order valence-electron chi connectivity index (χ3n) is 3.04. The van der Waals surface area contributed by atoms with Crippen molar-refractivity contribution < 1.29 is 0 Å². The SMILES string of the molecule is C=C(Cl)/C=C\C(=CC)Cc1ccc(-c2cn[nH]c2)cc1. The van der Waals surface area contributed by atoms with Crippen LogP contribution in [0.15, 0.2) is 72.1 Å². The van der Waals surface area contributed by atoms with Crippen LogP contribution in [0.3, 0.4) is 0 Å². The molecule has 0 aliphatic carbocycles. The Morgan fingerprint density at radius 2 is 2.00 bits per heavy atom. The third-order valence-corrected chi connectivity index (χ3v) is 3.17. The van der Waals surface area contributed by atoms with E-state index in [0.29, 0.717) is 5.03 Å². The van der Waals surface area contributed by atoms with Crippen molar-refractivity contribution in [1.29, 1.82) is 0 Å². The van der Waals surface area contributed by atoms with Crippen molar-refractivity contribution >= 4 is 11.6 Å². The Bertz CT molecular complexity index is 620. The van der Waals surface area contributed by atoms with Gasteiger partial charge in [0.2, 0.25) is 0 Å². The summed E-state index contributed by atoms with van der Waals surface area (Å²) < 4.78 is 0. The van der Waals surface area contributed by atoms with Gasteiger partial charge in [-0.25, -0.2) is 0 Å². The highest BCUT2D eigenvalue weighted by Gasteiger charge is 2.00. The van der Waals surface area contributed by atoms with Crippen LogP contribution in [-0.2, 0) is 6.42 Å². The van der Waals surface area contributed by atoms with E-state index in [9.17, 15) is 0 Å². The van der Waals surface area contributed by atoms with Crippen LogP contribution in [0.1, 0.15) is 12.5 Å². The number of nitrogens with one attached hydrogen (secondary N) is 1. The molecule has 3 heteroatoms. The van der Waals surface area contributed by atoms with Gasteiger partial charge in [-0.1, -0.05) is 54.6 Å². The molecule has 0 fully saturated rings. The van der Waals surface area contributed by atoms with Crippen molar-refractivity contribution in [2.24, 2.45) is 0 Å². The molecule has 0 aliphatic heterocycles. The fraction of sp³-hybridized carbons (Fsp3) is 0.118. The first-order valence-corrected chi connectivity index (χ1v) is 6.82. The van der Waals surface area contributed by atoms with Crippen LogP contribution >= 0.6 is 11.6 Å². The van der Waals surface area contributed by atoms with Crippen molar-refractivity contribution in [2.45, 2.75) is 13.3 Å². The molecule has 102 valence electrons. The van der Waals surface area contributed by atoms with E-state index >= 15 is 0 Å². The smallest absolute Gasteiger partial charge is 0.0565 e. The summed E-state index contributed by atoms with van der Waals surface area (Å²) >= 11 is 5.74. The van der Waals surface area contributed by atoms with Crippen molar-refractivity contribution in [3.05, 3.63) is 77.6 Å².